The van der Waals surface area contributed by atoms with Gasteiger partial charge in [-0.25, -0.2) is 9.97 Å². The maximum Gasteiger partial charge on any atom is 0.248 e. The van der Waals surface area contributed by atoms with E-state index in [0.717, 1.165) is 22.2 Å². The minimum atomic E-state index is -0.435. The molecule has 0 unspecified atom stereocenters. The molecule has 3 aromatic rings. The van der Waals surface area contributed by atoms with Crippen LogP contribution in [0.3, 0.4) is 0 Å². The van der Waals surface area contributed by atoms with E-state index in [0.29, 0.717) is 18.1 Å². The molecule has 1 amide bonds. The molecule has 0 aliphatic heterocycles. The lowest BCUT2D eigenvalue weighted by Gasteiger charge is -2.12. The molecule has 0 spiro atoms. The second-order valence-electron chi connectivity index (χ2n) is 5.97. The van der Waals surface area contributed by atoms with Crippen LogP contribution in [0.15, 0.2) is 48.7 Å². The Labute approximate surface area is 146 Å². The number of nitrogens with one attached hydrogen (secondary N) is 1. The number of hydrogen-bond donors (Lipinski definition) is 2. The van der Waals surface area contributed by atoms with Crippen molar-refractivity contribution in [1.82, 2.24) is 9.97 Å². The van der Waals surface area contributed by atoms with E-state index in [4.69, 9.17) is 10.5 Å². The first-order valence-electron chi connectivity index (χ1n) is 8.08. The molecule has 3 rings (SSSR count). The quantitative estimate of drug-likeness (QED) is 0.722. The first-order chi connectivity index (χ1) is 12.0. The summed E-state index contributed by atoms with van der Waals surface area (Å²) in [7, 11) is 0. The average Bonchev–Trinajstić information content (AvgIpc) is 2.60. The smallest absolute Gasteiger partial charge is 0.248 e. The van der Waals surface area contributed by atoms with Crippen molar-refractivity contribution in [3.63, 3.8) is 0 Å². The number of fused-ring (bicyclic) bond motifs is 1. The van der Waals surface area contributed by atoms with Gasteiger partial charge >= 0.3 is 0 Å². The van der Waals surface area contributed by atoms with Gasteiger partial charge in [0.25, 0.3) is 0 Å². The van der Waals surface area contributed by atoms with E-state index in [1.165, 1.54) is 0 Å². The van der Waals surface area contributed by atoms with Gasteiger partial charge in [0.1, 0.15) is 11.3 Å². The number of carbonyl (C=O) groups is 1. The van der Waals surface area contributed by atoms with E-state index < -0.39 is 5.91 Å². The highest BCUT2D eigenvalue weighted by molar-refractivity contribution is 5.92. The molecule has 3 N–H and O–H groups in total. The van der Waals surface area contributed by atoms with Crippen molar-refractivity contribution in [2.45, 2.75) is 26.5 Å². The lowest BCUT2D eigenvalue weighted by Crippen LogP contribution is -2.11. The van der Waals surface area contributed by atoms with Gasteiger partial charge in [-0.15, -0.1) is 0 Å². The van der Waals surface area contributed by atoms with E-state index >= 15 is 0 Å². The monoisotopic (exact) mass is 336 g/mol. The van der Waals surface area contributed by atoms with E-state index in [1.54, 1.807) is 18.3 Å². The summed E-state index contributed by atoms with van der Waals surface area (Å²) >= 11 is 0. The standard InChI is InChI=1S/C19H20N4O2/c1-12(2)25-16-5-3-4-15-11-22-19(23-17(15)16)21-10-13-6-8-14(9-7-13)18(20)24/h3-9,11-12H,10H2,1-2H3,(H2,20,24)(H,21,22,23). The van der Waals surface area contributed by atoms with Crippen LogP contribution >= 0.6 is 0 Å². The van der Waals surface area contributed by atoms with Crippen molar-refractivity contribution in [3.8, 4) is 5.75 Å². The molecule has 0 atom stereocenters. The molecule has 0 saturated carbocycles. The van der Waals surface area contributed by atoms with Crippen molar-refractivity contribution >= 4 is 22.8 Å². The summed E-state index contributed by atoms with van der Waals surface area (Å²) in [5.74, 6) is 0.824. The van der Waals surface area contributed by atoms with Crippen LogP contribution in [0.2, 0.25) is 0 Å². The fourth-order valence-corrected chi connectivity index (χ4v) is 2.43. The van der Waals surface area contributed by atoms with Crippen LogP contribution in [-0.4, -0.2) is 22.0 Å². The molecule has 2 aromatic carbocycles. The highest BCUT2D eigenvalue weighted by Gasteiger charge is 2.08. The number of nitrogens with two attached hydrogens (primary N) is 1. The predicted octanol–water partition coefficient (Wildman–Crippen LogP) is 3.13. The second-order valence-corrected chi connectivity index (χ2v) is 5.97. The van der Waals surface area contributed by atoms with E-state index in [9.17, 15) is 4.79 Å². The molecular weight excluding hydrogens is 316 g/mol. The number of benzene rings is 2. The highest BCUT2D eigenvalue weighted by atomic mass is 16.5. The third-order valence-corrected chi connectivity index (χ3v) is 3.63. The Bertz CT molecular complexity index is 892. The Morgan fingerprint density at radius 1 is 1.20 bits per heavy atom. The molecule has 6 nitrogen and oxygen atoms in total. The zero-order chi connectivity index (χ0) is 17.8. The third kappa shape index (κ3) is 4.03. The van der Waals surface area contributed by atoms with Crippen molar-refractivity contribution < 1.29 is 9.53 Å². The topological polar surface area (TPSA) is 90.1 Å². The summed E-state index contributed by atoms with van der Waals surface area (Å²) in [6.45, 7) is 4.50. The molecule has 0 bridgehead atoms. The maximum atomic E-state index is 11.1. The largest absolute Gasteiger partial charge is 0.489 e. The Kier molecular flexibility index (Phi) is 4.79. The van der Waals surface area contributed by atoms with E-state index in [1.807, 2.05) is 44.2 Å². The highest BCUT2D eigenvalue weighted by Crippen LogP contribution is 2.25. The third-order valence-electron chi connectivity index (χ3n) is 3.63. The van der Waals surface area contributed by atoms with Crippen molar-refractivity contribution in [3.05, 3.63) is 59.8 Å². The van der Waals surface area contributed by atoms with Gasteiger partial charge in [0.2, 0.25) is 11.9 Å². The van der Waals surface area contributed by atoms with Gasteiger partial charge < -0.3 is 15.8 Å². The second kappa shape index (κ2) is 7.17. The Balaban J connectivity index is 1.78. The predicted molar refractivity (Wildman–Crippen MR) is 97.6 cm³/mol. The molecule has 0 aliphatic rings. The van der Waals surface area contributed by atoms with Gasteiger partial charge in [-0.2, -0.15) is 0 Å². The molecule has 0 radical (unpaired) electrons. The fraction of sp³-hybridized carbons (Fsp3) is 0.211. The van der Waals surface area contributed by atoms with Gasteiger partial charge in [0, 0.05) is 23.7 Å². The summed E-state index contributed by atoms with van der Waals surface area (Å²) in [6.07, 6.45) is 1.84. The first kappa shape index (κ1) is 16.7. The van der Waals surface area contributed by atoms with Gasteiger partial charge in [-0.3, -0.25) is 4.79 Å². The molecule has 6 heteroatoms. The molecular formula is C19H20N4O2. The molecule has 0 aliphatic carbocycles. The van der Waals surface area contributed by atoms with Gasteiger partial charge in [0.05, 0.1) is 6.10 Å². The Hall–Kier alpha value is -3.15. The number of aromatic nitrogens is 2. The Morgan fingerprint density at radius 3 is 2.64 bits per heavy atom. The number of ether oxygens (including phenoxy) is 1. The number of hydrogen-bond acceptors (Lipinski definition) is 5. The van der Waals surface area contributed by atoms with Crippen molar-refractivity contribution in [2.24, 2.45) is 5.73 Å². The molecule has 25 heavy (non-hydrogen) atoms. The normalized spacial score (nSPS) is 10.8. The molecule has 0 fully saturated rings. The summed E-state index contributed by atoms with van der Waals surface area (Å²) in [4.78, 5) is 20.0. The zero-order valence-corrected chi connectivity index (χ0v) is 14.2. The van der Waals surface area contributed by atoms with Gasteiger partial charge in [-0.05, 0) is 37.6 Å². The number of primary amides is 1. The number of carbonyl (C=O) groups excluding carboxylic acids is 1. The number of nitrogens with zero attached hydrogens (tertiary/aromatic N) is 2. The van der Waals surface area contributed by atoms with Crippen LogP contribution in [0.1, 0.15) is 29.8 Å². The van der Waals surface area contributed by atoms with Gasteiger partial charge in [0.15, 0.2) is 0 Å². The molecule has 1 aromatic heterocycles. The maximum absolute atomic E-state index is 11.1. The lowest BCUT2D eigenvalue weighted by atomic mass is 10.1. The lowest BCUT2D eigenvalue weighted by molar-refractivity contribution is 0.100. The van der Waals surface area contributed by atoms with Crippen molar-refractivity contribution in [2.75, 3.05) is 5.32 Å². The summed E-state index contributed by atoms with van der Waals surface area (Å²) in [5, 5.41) is 4.11. The minimum Gasteiger partial charge on any atom is -0.489 e. The summed E-state index contributed by atoms with van der Waals surface area (Å²) < 4.78 is 5.82. The van der Waals surface area contributed by atoms with E-state index in [-0.39, 0.29) is 6.10 Å². The minimum absolute atomic E-state index is 0.0701. The van der Waals surface area contributed by atoms with Crippen molar-refractivity contribution in [1.29, 1.82) is 0 Å². The van der Waals surface area contributed by atoms with Crippen LogP contribution in [-0.2, 0) is 6.54 Å². The number of para-hydroxylation sites is 1. The van der Waals surface area contributed by atoms with Crippen LogP contribution in [0.25, 0.3) is 10.9 Å². The summed E-state index contributed by atoms with van der Waals surface area (Å²) in [6, 6.07) is 12.9. The van der Waals surface area contributed by atoms with Crippen LogP contribution in [0, 0.1) is 0 Å². The number of amides is 1. The summed E-state index contributed by atoms with van der Waals surface area (Å²) in [5.41, 5.74) is 7.51. The average molecular weight is 336 g/mol. The first-order valence-corrected chi connectivity index (χ1v) is 8.08. The molecule has 0 saturated heterocycles. The zero-order valence-electron chi connectivity index (χ0n) is 14.2. The molecule has 1 heterocycles. The Morgan fingerprint density at radius 2 is 1.96 bits per heavy atom. The van der Waals surface area contributed by atoms with Crippen LogP contribution < -0.4 is 15.8 Å². The van der Waals surface area contributed by atoms with E-state index in [2.05, 4.69) is 15.3 Å². The van der Waals surface area contributed by atoms with Gasteiger partial charge in [-0.1, -0.05) is 24.3 Å². The number of rotatable bonds is 6. The fourth-order valence-electron chi connectivity index (χ4n) is 2.43. The SMILES string of the molecule is CC(C)Oc1cccc2cnc(NCc3ccc(C(N)=O)cc3)nc12. The molecule has 128 valence electrons. The van der Waals surface area contributed by atoms with Crippen LogP contribution in [0.4, 0.5) is 5.95 Å². The number of anilines is 1. The van der Waals surface area contributed by atoms with Crippen LogP contribution in [0.5, 0.6) is 5.75 Å².